The number of sulfonamides is 1. The van der Waals surface area contributed by atoms with Gasteiger partial charge in [-0.3, -0.25) is 13.9 Å². The number of anilines is 1. The number of hydrogen-bond acceptors (Lipinski definition) is 4. The number of carbonyl (C=O) groups is 2. The minimum absolute atomic E-state index is 0.0278. The van der Waals surface area contributed by atoms with Crippen molar-refractivity contribution in [3.8, 4) is 0 Å². The Balaban J connectivity index is 1.80. The summed E-state index contributed by atoms with van der Waals surface area (Å²) in [5.74, 6) is -0.957. The van der Waals surface area contributed by atoms with Crippen molar-refractivity contribution in [2.75, 3.05) is 17.4 Å². The molecule has 4 rings (SSSR count). The summed E-state index contributed by atoms with van der Waals surface area (Å²) in [5.41, 5.74) is 1.63. The molecule has 1 unspecified atom stereocenters. The van der Waals surface area contributed by atoms with E-state index in [9.17, 15) is 18.0 Å². The zero-order valence-corrected chi connectivity index (χ0v) is 27.1. The van der Waals surface area contributed by atoms with Crippen LogP contribution < -0.4 is 9.62 Å². The van der Waals surface area contributed by atoms with Crippen LogP contribution in [0, 0.1) is 0 Å². The first-order valence-corrected chi connectivity index (χ1v) is 16.6. The number of benzene rings is 4. The topological polar surface area (TPSA) is 86.8 Å². The summed E-state index contributed by atoms with van der Waals surface area (Å²) in [6.45, 7) is 1.71. The Morgan fingerprint density at radius 3 is 2.16 bits per heavy atom. The lowest BCUT2D eigenvalue weighted by Crippen LogP contribution is -2.53. The maximum atomic E-state index is 14.4. The van der Waals surface area contributed by atoms with Crippen LogP contribution in [-0.2, 0) is 32.6 Å². The van der Waals surface area contributed by atoms with Gasteiger partial charge in [0.15, 0.2) is 0 Å². The summed E-state index contributed by atoms with van der Waals surface area (Å²) >= 11 is 18.8. The highest BCUT2D eigenvalue weighted by Crippen LogP contribution is 2.28. The monoisotopic (exact) mass is 671 g/mol. The van der Waals surface area contributed by atoms with Gasteiger partial charge in [-0.05, 0) is 66.1 Å². The van der Waals surface area contributed by atoms with Crippen LogP contribution in [0.15, 0.2) is 108 Å². The van der Waals surface area contributed by atoms with Gasteiger partial charge in [-0.1, -0.05) is 96.3 Å². The van der Waals surface area contributed by atoms with Gasteiger partial charge >= 0.3 is 0 Å². The molecule has 4 aromatic carbocycles. The first kappa shape index (κ1) is 33.3. The largest absolute Gasteiger partial charge is 0.354 e. The third kappa shape index (κ3) is 8.54. The fourth-order valence-electron chi connectivity index (χ4n) is 4.62. The Hall–Kier alpha value is -3.56. The van der Waals surface area contributed by atoms with E-state index in [0.717, 1.165) is 9.87 Å². The van der Waals surface area contributed by atoms with E-state index in [1.807, 2.05) is 37.3 Å². The summed E-state index contributed by atoms with van der Waals surface area (Å²) in [6, 6.07) is 27.3. The maximum Gasteiger partial charge on any atom is 0.264 e. The number of nitrogens with zero attached hydrogens (tertiary/aromatic N) is 2. The summed E-state index contributed by atoms with van der Waals surface area (Å²) in [6.07, 6.45) is 0.901. The zero-order chi connectivity index (χ0) is 31.7. The van der Waals surface area contributed by atoms with Gasteiger partial charge in [0.25, 0.3) is 10.0 Å². The first-order chi connectivity index (χ1) is 21.1. The zero-order valence-electron chi connectivity index (χ0n) is 24.0. The van der Waals surface area contributed by atoms with Crippen molar-refractivity contribution in [1.82, 2.24) is 10.2 Å². The Morgan fingerprint density at radius 2 is 1.50 bits per heavy atom. The molecule has 0 radical (unpaired) electrons. The molecule has 0 bridgehead atoms. The Morgan fingerprint density at radius 1 is 0.818 bits per heavy atom. The molecule has 0 aliphatic carbocycles. The SMILES string of the molecule is CCCNC(=O)C(Cc1ccccc1)N(Cc1ccccc1Cl)C(=O)CN(c1cccc(Cl)c1)S(=O)(=O)c1ccc(Cl)cc1. The van der Waals surface area contributed by atoms with E-state index < -0.39 is 28.5 Å². The lowest BCUT2D eigenvalue weighted by atomic mass is 10.0. The molecule has 7 nitrogen and oxygen atoms in total. The van der Waals surface area contributed by atoms with E-state index in [2.05, 4.69) is 5.32 Å². The average Bonchev–Trinajstić information content (AvgIpc) is 3.01. The van der Waals surface area contributed by atoms with Crippen LogP contribution in [0.1, 0.15) is 24.5 Å². The summed E-state index contributed by atoms with van der Waals surface area (Å²) in [5, 5.41) is 3.98. The van der Waals surface area contributed by atoms with Gasteiger partial charge in [-0.25, -0.2) is 8.42 Å². The molecule has 2 amide bonds. The number of carbonyl (C=O) groups excluding carboxylic acids is 2. The molecular formula is C33H32Cl3N3O4S. The van der Waals surface area contributed by atoms with Gasteiger partial charge in [0.2, 0.25) is 11.8 Å². The predicted octanol–water partition coefficient (Wildman–Crippen LogP) is 7.01. The Kier molecular flexibility index (Phi) is 11.7. The number of nitrogens with one attached hydrogen (secondary N) is 1. The molecule has 44 heavy (non-hydrogen) atoms. The molecule has 230 valence electrons. The molecule has 0 saturated carbocycles. The van der Waals surface area contributed by atoms with Gasteiger partial charge in [0, 0.05) is 34.6 Å². The Labute approximate surface area is 273 Å². The van der Waals surface area contributed by atoms with Crippen LogP contribution in [0.3, 0.4) is 0 Å². The molecule has 0 spiro atoms. The summed E-state index contributed by atoms with van der Waals surface area (Å²) < 4.78 is 29.1. The lowest BCUT2D eigenvalue weighted by molar-refractivity contribution is -0.140. The van der Waals surface area contributed by atoms with Crippen LogP contribution in [0.5, 0.6) is 0 Å². The first-order valence-electron chi connectivity index (χ1n) is 14.0. The third-order valence-corrected chi connectivity index (χ3v) is 9.54. The van der Waals surface area contributed by atoms with Crippen LogP contribution >= 0.6 is 34.8 Å². The molecule has 0 fully saturated rings. The minimum Gasteiger partial charge on any atom is -0.354 e. The fourth-order valence-corrected chi connectivity index (χ4v) is 6.54. The predicted molar refractivity (Wildman–Crippen MR) is 177 cm³/mol. The van der Waals surface area contributed by atoms with Crippen molar-refractivity contribution in [3.63, 3.8) is 0 Å². The van der Waals surface area contributed by atoms with Crippen LogP contribution in [0.4, 0.5) is 5.69 Å². The molecule has 11 heteroatoms. The smallest absolute Gasteiger partial charge is 0.264 e. The van der Waals surface area contributed by atoms with Gasteiger partial charge in [-0.15, -0.1) is 0 Å². The van der Waals surface area contributed by atoms with Crippen molar-refractivity contribution in [1.29, 1.82) is 0 Å². The van der Waals surface area contributed by atoms with Crippen molar-refractivity contribution in [2.24, 2.45) is 0 Å². The normalized spacial score (nSPS) is 11.9. The summed E-state index contributed by atoms with van der Waals surface area (Å²) in [4.78, 5) is 29.4. The van der Waals surface area contributed by atoms with E-state index >= 15 is 0 Å². The number of rotatable bonds is 13. The molecule has 0 aromatic heterocycles. The van der Waals surface area contributed by atoms with Crippen molar-refractivity contribution in [3.05, 3.63) is 129 Å². The highest BCUT2D eigenvalue weighted by Gasteiger charge is 2.35. The van der Waals surface area contributed by atoms with E-state index in [1.54, 1.807) is 42.5 Å². The van der Waals surface area contributed by atoms with E-state index in [1.165, 1.54) is 35.2 Å². The molecule has 1 N–H and O–H groups in total. The van der Waals surface area contributed by atoms with E-state index in [4.69, 9.17) is 34.8 Å². The summed E-state index contributed by atoms with van der Waals surface area (Å²) in [7, 11) is -4.27. The molecule has 1 atom stereocenters. The minimum atomic E-state index is -4.27. The van der Waals surface area contributed by atoms with Crippen LogP contribution in [-0.4, -0.2) is 44.3 Å². The van der Waals surface area contributed by atoms with E-state index in [-0.39, 0.29) is 29.5 Å². The number of halogens is 3. The quantitative estimate of drug-likeness (QED) is 0.166. The van der Waals surface area contributed by atoms with Crippen LogP contribution in [0.25, 0.3) is 0 Å². The van der Waals surface area contributed by atoms with Gasteiger partial charge in [-0.2, -0.15) is 0 Å². The van der Waals surface area contributed by atoms with Crippen molar-refractivity contribution < 1.29 is 18.0 Å². The van der Waals surface area contributed by atoms with E-state index in [0.29, 0.717) is 33.6 Å². The van der Waals surface area contributed by atoms with Gasteiger partial charge in [0.1, 0.15) is 12.6 Å². The highest BCUT2D eigenvalue weighted by molar-refractivity contribution is 7.92. The second kappa shape index (κ2) is 15.4. The lowest BCUT2D eigenvalue weighted by Gasteiger charge is -2.34. The number of amides is 2. The van der Waals surface area contributed by atoms with Crippen LogP contribution in [0.2, 0.25) is 15.1 Å². The maximum absolute atomic E-state index is 14.4. The van der Waals surface area contributed by atoms with Crippen molar-refractivity contribution >= 4 is 62.3 Å². The molecule has 4 aromatic rings. The molecule has 0 saturated heterocycles. The van der Waals surface area contributed by atoms with Crippen molar-refractivity contribution in [2.45, 2.75) is 37.2 Å². The van der Waals surface area contributed by atoms with Gasteiger partial charge in [0.05, 0.1) is 10.6 Å². The molecule has 0 aliphatic rings. The molecule has 0 aliphatic heterocycles. The second-order valence-corrected chi connectivity index (χ2v) is 13.2. The second-order valence-electron chi connectivity index (χ2n) is 10.1. The number of hydrogen-bond donors (Lipinski definition) is 1. The highest BCUT2D eigenvalue weighted by atomic mass is 35.5. The Bertz CT molecular complexity index is 1690. The third-order valence-electron chi connectivity index (χ3n) is 6.90. The average molecular weight is 673 g/mol. The van der Waals surface area contributed by atoms with Gasteiger partial charge < -0.3 is 10.2 Å². The standard InChI is InChI=1S/C33H32Cl3N3O4S/c1-2-19-37-33(41)31(20-24-9-4-3-5-10-24)38(22-25-11-6-7-14-30(25)36)32(40)23-39(28-13-8-12-27(35)21-28)44(42,43)29-17-15-26(34)16-18-29/h3-18,21,31H,2,19-20,22-23H2,1H3,(H,37,41). The molecule has 0 heterocycles. The fraction of sp³-hybridized carbons (Fsp3) is 0.212. The molecular weight excluding hydrogens is 641 g/mol.